The van der Waals surface area contributed by atoms with Crippen LogP contribution < -0.4 is 0 Å². The summed E-state index contributed by atoms with van der Waals surface area (Å²) in [6.07, 6.45) is -5.27. The van der Waals surface area contributed by atoms with Gasteiger partial charge in [0.2, 0.25) is 0 Å². The van der Waals surface area contributed by atoms with Crippen LogP contribution in [0, 0.1) is 0 Å². The minimum absolute atomic E-state index is 0.422. The summed E-state index contributed by atoms with van der Waals surface area (Å²) in [6.45, 7) is -1.13. The highest BCUT2D eigenvalue weighted by Crippen LogP contribution is 2.22. The molecule has 3 N–H and O–H groups in total. The van der Waals surface area contributed by atoms with Crippen molar-refractivity contribution in [1.82, 2.24) is 0 Å². The topological polar surface area (TPSA) is 166 Å². The minimum atomic E-state index is -4.78. The second-order valence-corrected chi connectivity index (χ2v) is 5.98. The molecule has 0 spiro atoms. The molecule has 1 aliphatic rings. The number of ether oxygens (including phenoxy) is 2. The Morgan fingerprint density at radius 3 is 2.25 bits per heavy atom. The lowest BCUT2D eigenvalue weighted by Gasteiger charge is -2.37. The lowest BCUT2D eigenvalue weighted by molar-refractivity contribution is -0.195. The van der Waals surface area contributed by atoms with E-state index in [1.54, 1.807) is 0 Å². The molecule has 0 radical (unpaired) electrons. The van der Waals surface area contributed by atoms with Crippen molar-refractivity contribution in [2.75, 3.05) is 20.3 Å². The van der Waals surface area contributed by atoms with Gasteiger partial charge in [0, 0.05) is 7.11 Å². The van der Waals surface area contributed by atoms with E-state index < -0.39 is 58.4 Å². The highest BCUT2D eigenvalue weighted by molar-refractivity contribution is 7.81. The maximum atomic E-state index is 10.6. The van der Waals surface area contributed by atoms with E-state index in [1.165, 1.54) is 0 Å². The van der Waals surface area contributed by atoms with Crippen molar-refractivity contribution in [1.29, 1.82) is 0 Å². The van der Waals surface area contributed by atoms with Crippen LogP contribution >= 0.6 is 0 Å². The zero-order valence-electron chi connectivity index (χ0n) is 10.1. The molecule has 0 aromatic carbocycles. The van der Waals surface area contributed by atoms with Gasteiger partial charge in [-0.1, -0.05) is 0 Å². The summed E-state index contributed by atoms with van der Waals surface area (Å²) >= 11 is 0. The summed E-state index contributed by atoms with van der Waals surface area (Å²) in [7, 11) is -8.35. The van der Waals surface area contributed by atoms with E-state index in [0.29, 0.717) is 0 Å². The normalized spacial score (nSPS) is 32.2. The summed E-state index contributed by atoms with van der Waals surface area (Å²) in [5.41, 5.74) is 0. The van der Waals surface area contributed by atoms with Crippen LogP contribution in [-0.4, -0.2) is 75.8 Å². The maximum Gasteiger partial charge on any atom is 0.397 e. The molecular formula is C7H14O11S2. The monoisotopic (exact) mass is 338 g/mol. The molecule has 13 heteroatoms. The molecule has 0 bridgehead atoms. The highest BCUT2D eigenvalue weighted by Gasteiger charge is 2.42. The van der Waals surface area contributed by atoms with Crippen molar-refractivity contribution >= 4 is 20.8 Å². The van der Waals surface area contributed by atoms with Crippen LogP contribution in [0.15, 0.2) is 0 Å². The van der Waals surface area contributed by atoms with Gasteiger partial charge < -0.3 is 14.6 Å². The van der Waals surface area contributed by atoms with E-state index >= 15 is 0 Å². The number of hydrogen-bond acceptors (Lipinski definition) is 9. The van der Waals surface area contributed by atoms with Crippen LogP contribution in [0.1, 0.15) is 0 Å². The molecule has 11 nitrogen and oxygen atoms in total. The molecule has 0 aromatic rings. The zero-order valence-corrected chi connectivity index (χ0v) is 11.8. The fraction of sp³-hybridized carbons (Fsp3) is 1.00. The van der Waals surface area contributed by atoms with E-state index in [4.69, 9.17) is 18.6 Å². The first-order valence-electron chi connectivity index (χ1n) is 5.13. The summed E-state index contributed by atoms with van der Waals surface area (Å²) in [4.78, 5) is 0. The van der Waals surface area contributed by atoms with Crippen molar-refractivity contribution in [2.45, 2.75) is 24.4 Å². The van der Waals surface area contributed by atoms with Gasteiger partial charge in [-0.15, -0.1) is 0 Å². The molecule has 0 unspecified atom stereocenters. The molecule has 1 heterocycles. The maximum absolute atomic E-state index is 10.6. The Bertz CT molecular complexity index is 511. The van der Waals surface area contributed by atoms with Crippen LogP contribution in [-0.2, 0) is 38.6 Å². The van der Waals surface area contributed by atoms with Crippen molar-refractivity contribution < 1.29 is 48.9 Å². The van der Waals surface area contributed by atoms with E-state index in [9.17, 15) is 21.9 Å². The fourth-order valence-corrected chi connectivity index (χ4v) is 2.46. The van der Waals surface area contributed by atoms with E-state index in [1.807, 2.05) is 0 Å². The minimum Gasteiger partial charge on any atom is -0.387 e. The predicted octanol–water partition coefficient (Wildman–Crippen LogP) is -2.23. The third-order valence-corrected chi connectivity index (χ3v) is 3.38. The van der Waals surface area contributed by atoms with Gasteiger partial charge in [0.1, 0.15) is 24.4 Å². The van der Waals surface area contributed by atoms with Crippen LogP contribution in [0.25, 0.3) is 0 Å². The van der Waals surface area contributed by atoms with Crippen molar-refractivity contribution in [2.24, 2.45) is 0 Å². The SMILES string of the molecule is CO[C@H]1[C@H](O)[C@@H](COS(=O)(=O)O)OC[C@@H]1OS(=O)(=O)O. The van der Waals surface area contributed by atoms with Crippen LogP contribution in [0.4, 0.5) is 0 Å². The number of methoxy groups -OCH3 is 1. The van der Waals surface area contributed by atoms with Crippen molar-refractivity contribution in [3.05, 3.63) is 0 Å². The Balaban J connectivity index is 2.71. The average Bonchev–Trinajstić information content (AvgIpc) is 2.25. The molecule has 1 fully saturated rings. The molecule has 0 amide bonds. The van der Waals surface area contributed by atoms with Crippen LogP contribution in [0.5, 0.6) is 0 Å². The van der Waals surface area contributed by atoms with E-state index in [2.05, 4.69) is 8.37 Å². The molecule has 4 atom stereocenters. The Labute approximate surface area is 115 Å². The third kappa shape index (κ3) is 5.55. The third-order valence-electron chi connectivity index (χ3n) is 2.46. The van der Waals surface area contributed by atoms with Gasteiger partial charge in [0.05, 0.1) is 13.2 Å². The first kappa shape index (κ1) is 17.7. The van der Waals surface area contributed by atoms with Crippen molar-refractivity contribution in [3.8, 4) is 0 Å². The average molecular weight is 338 g/mol. The smallest absolute Gasteiger partial charge is 0.387 e. The first-order valence-corrected chi connectivity index (χ1v) is 7.86. The fourth-order valence-electron chi connectivity index (χ4n) is 1.67. The second kappa shape index (κ2) is 6.59. The second-order valence-electron chi connectivity index (χ2n) is 3.84. The summed E-state index contributed by atoms with van der Waals surface area (Å²) in [5, 5.41) is 9.83. The first-order chi connectivity index (χ1) is 9.03. The van der Waals surface area contributed by atoms with Gasteiger partial charge in [0.15, 0.2) is 0 Å². The number of aliphatic hydroxyl groups is 1. The molecule has 1 rings (SSSR count). The molecule has 0 saturated carbocycles. The Morgan fingerprint density at radius 1 is 1.20 bits per heavy atom. The number of rotatable bonds is 6. The quantitative estimate of drug-likeness (QED) is 0.448. The van der Waals surface area contributed by atoms with Gasteiger partial charge in [-0.2, -0.15) is 16.8 Å². The predicted molar refractivity (Wildman–Crippen MR) is 60.5 cm³/mol. The Morgan fingerprint density at radius 2 is 1.80 bits per heavy atom. The van der Waals surface area contributed by atoms with Gasteiger partial charge in [-0.3, -0.25) is 9.11 Å². The van der Waals surface area contributed by atoms with Gasteiger partial charge in [-0.25, -0.2) is 8.37 Å². The molecule has 0 aliphatic carbocycles. The molecule has 1 aliphatic heterocycles. The summed E-state index contributed by atoms with van der Waals surface area (Å²) in [6, 6.07) is 0. The molecular weight excluding hydrogens is 324 g/mol. The Kier molecular flexibility index (Phi) is 5.82. The van der Waals surface area contributed by atoms with Gasteiger partial charge >= 0.3 is 20.8 Å². The van der Waals surface area contributed by atoms with Crippen LogP contribution in [0.3, 0.4) is 0 Å². The summed E-state index contributed by atoms with van der Waals surface area (Å²) < 4.78 is 77.1. The van der Waals surface area contributed by atoms with E-state index in [-0.39, 0.29) is 0 Å². The molecule has 20 heavy (non-hydrogen) atoms. The number of aliphatic hydroxyl groups excluding tert-OH is 1. The van der Waals surface area contributed by atoms with Crippen molar-refractivity contribution in [3.63, 3.8) is 0 Å². The van der Waals surface area contributed by atoms with Gasteiger partial charge in [0.25, 0.3) is 0 Å². The lowest BCUT2D eigenvalue weighted by atomic mass is 10.0. The van der Waals surface area contributed by atoms with Crippen LogP contribution in [0.2, 0.25) is 0 Å². The molecule has 1 saturated heterocycles. The van der Waals surface area contributed by atoms with Gasteiger partial charge in [-0.05, 0) is 0 Å². The van der Waals surface area contributed by atoms with E-state index in [0.717, 1.165) is 7.11 Å². The standard InChI is InChI=1S/C7H14O11S2/c1-15-7-5(18-20(12,13)14)2-16-4(6(7)8)3-17-19(9,10)11/h4-8H,2-3H2,1H3,(H,9,10,11)(H,12,13,14)/t4-,5+,6-,7-/m1/s1. The highest BCUT2D eigenvalue weighted by atomic mass is 32.3. The lowest BCUT2D eigenvalue weighted by Crippen LogP contribution is -2.56. The summed E-state index contributed by atoms with van der Waals surface area (Å²) in [5.74, 6) is 0. The molecule has 0 aromatic heterocycles. The largest absolute Gasteiger partial charge is 0.397 e. The molecule has 120 valence electrons. The number of hydrogen-bond donors (Lipinski definition) is 3. The zero-order chi connectivity index (χ0) is 15.6. The Hall–Kier alpha value is -0.380.